The highest BCUT2D eigenvalue weighted by molar-refractivity contribution is 7.17. The molecule has 0 aliphatic carbocycles. The van der Waals surface area contributed by atoms with Crippen LogP contribution in [0.3, 0.4) is 0 Å². The van der Waals surface area contributed by atoms with E-state index in [1.807, 2.05) is 11.3 Å². The van der Waals surface area contributed by atoms with E-state index in [0.717, 1.165) is 19.6 Å². The average molecular weight is 289 g/mol. The van der Waals surface area contributed by atoms with Crippen molar-refractivity contribution in [1.29, 1.82) is 0 Å². The van der Waals surface area contributed by atoms with Crippen LogP contribution < -0.4 is 5.32 Å². The molecule has 0 saturated carbocycles. The predicted octanol–water partition coefficient (Wildman–Crippen LogP) is 3.85. The smallest absolute Gasteiger partial charge is 0.0551 e. The lowest BCUT2D eigenvalue weighted by Gasteiger charge is -2.23. The first-order valence-electron chi connectivity index (χ1n) is 7.58. The summed E-state index contributed by atoms with van der Waals surface area (Å²) >= 11 is 1.86. The SMILES string of the molecule is CCNC(Cc1csc2ccccc12)C1COC(C)C1. The van der Waals surface area contributed by atoms with Crippen molar-refractivity contribution in [2.45, 2.75) is 38.8 Å². The Morgan fingerprint density at radius 2 is 2.25 bits per heavy atom. The molecule has 3 rings (SSSR count). The number of ether oxygens (including phenoxy) is 1. The Kier molecular flexibility index (Phi) is 4.39. The Hall–Kier alpha value is -0.900. The van der Waals surface area contributed by atoms with E-state index in [9.17, 15) is 0 Å². The molecule has 1 saturated heterocycles. The molecule has 3 heteroatoms. The summed E-state index contributed by atoms with van der Waals surface area (Å²) < 4.78 is 7.16. The Morgan fingerprint density at radius 1 is 1.40 bits per heavy atom. The van der Waals surface area contributed by atoms with E-state index in [4.69, 9.17) is 4.74 Å². The molecule has 1 N–H and O–H groups in total. The summed E-state index contributed by atoms with van der Waals surface area (Å²) in [7, 11) is 0. The van der Waals surface area contributed by atoms with Crippen LogP contribution in [0.15, 0.2) is 29.6 Å². The van der Waals surface area contributed by atoms with E-state index in [2.05, 4.69) is 48.8 Å². The van der Waals surface area contributed by atoms with Crippen LogP contribution in [-0.4, -0.2) is 25.3 Å². The first-order chi connectivity index (χ1) is 9.78. The number of rotatable bonds is 5. The molecule has 1 aliphatic heterocycles. The van der Waals surface area contributed by atoms with Crippen molar-refractivity contribution >= 4 is 21.4 Å². The summed E-state index contributed by atoms with van der Waals surface area (Å²) in [5.41, 5.74) is 1.48. The van der Waals surface area contributed by atoms with Crippen LogP contribution in [0.25, 0.3) is 10.1 Å². The van der Waals surface area contributed by atoms with E-state index < -0.39 is 0 Å². The number of likely N-dealkylation sites (N-methyl/N-ethyl adjacent to an activating group) is 1. The molecule has 0 amide bonds. The molecule has 2 heterocycles. The number of thiophene rings is 1. The van der Waals surface area contributed by atoms with Gasteiger partial charge in [0.05, 0.1) is 12.7 Å². The maximum Gasteiger partial charge on any atom is 0.0551 e. The summed E-state index contributed by atoms with van der Waals surface area (Å²) in [5, 5.41) is 7.42. The van der Waals surface area contributed by atoms with Gasteiger partial charge in [0.2, 0.25) is 0 Å². The lowest BCUT2D eigenvalue weighted by Crippen LogP contribution is -2.38. The standard InChI is InChI=1S/C17H23NOS/c1-3-18-16(13-8-12(2)19-10-13)9-14-11-20-17-7-5-4-6-15(14)17/h4-7,11-13,16,18H,3,8-10H2,1-2H3. The summed E-state index contributed by atoms with van der Waals surface area (Å²) in [4.78, 5) is 0. The van der Waals surface area contributed by atoms with Gasteiger partial charge in [-0.1, -0.05) is 25.1 Å². The highest BCUT2D eigenvalue weighted by atomic mass is 32.1. The zero-order valence-electron chi connectivity index (χ0n) is 12.3. The Labute approximate surface area is 125 Å². The van der Waals surface area contributed by atoms with Gasteiger partial charge in [-0.05, 0) is 48.7 Å². The van der Waals surface area contributed by atoms with Crippen LogP contribution in [-0.2, 0) is 11.2 Å². The normalized spacial score (nSPS) is 24.3. The fraction of sp³-hybridized carbons (Fsp3) is 0.529. The highest BCUT2D eigenvalue weighted by Crippen LogP contribution is 2.30. The third-order valence-corrected chi connectivity index (χ3v) is 5.28. The Bertz CT molecular complexity index is 565. The summed E-state index contributed by atoms with van der Waals surface area (Å²) in [5.74, 6) is 0.642. The van der Waals surface area contributed by atoms with Crippen LogP contribution >= 0.6 is 11.3 Å². The predicted molar refractivity (Wildman–Crippen MR) is 86.5 cm³/mol. The van der Waals surface area contributed by atoms with Gasteiger partial charge < -0.3 is 10.1 Å². The van der Waals surface area contributed by atoms with Crippen LogP contribution in [0.5, 0.6) is 0 Å². The molecule has 3 atom stereocenters. The molecule has 0 radical (unpaired) electrons. The molecule has 3 unspecified atom stereocenters. The second-order valence-electron chi connectivity index (χ2n) is 5.77. The minimum atomic E-state index is 0.417. The first kappa shape index (κ1) is 14.1. The zero-order chi connectivity index (χ0) is 13.9. The van der Waals surface area contributed by atoms with Crippen LogP contribution in [0.2, 0.25) is 0 Å². The topological polar surface area (TPSA) is 21.3 Å². The molecule has 1 aromatic heterocycles. The molecule has 1 aliphatic rings. The molecular weight excluding hydrogens is 266 g/mol. The Morgan fingerprint density at radius 3 is 3.00 bits per heavy atom. The molecule has 20 heavy (non-hydrogen) atoms. The average Bonchev–Trinajstić information content (AvgIpc) is 3.05. The summed E-state index contributed by atoms with van der Waals surface area (Å²) in [6.07, 6.45) is 2.71. The zero-order valence-corrected chi connectivity index (χ0v) is 13.1. The second kappa shape index (κ2) is 6.25. The Balaban J connectivity index is 1.79. The van der Waals surface area contributed by atoms with E-state index in [1.54, 1.807) is 0 Å². The fourth-order valence-electron chi connectivity index (χ4n) is 3.23. The van der Waals surface area contributed by atoms with E-state index in [-0.39, 0.29) is 0 Å². The maximum atomic E-state index is 5.76. The molecule has 1 fully saturated rings. The van der Waals surface area contributed by atoms with Gasteiger partial charge in [-0.15, -0.1) is 11.3 Å². The van der Waals surface area contributed by atoms with Crippen LogP contribution in [0.1, 0.15) is 25.8 Å². The largest absolute Gasteiger partial charge is 0.378 e. The number of fused-ring (bicyclic) bond motifs is 1. The highest BCUT2D eigenvalue weighted by Gasteiger charge is 2.29. The van der Waals surface area contributed by atoms with Crippen molar-refractivity contribution in [3.05, 3.63) is 35.2 Å². The van der Waals surface area contributed by atoms with E-state index >= 15 is 0 Å². The summed E-state index contributed by atoms with van der Waals surface area (Å²) in [6.45, 7) is 6.31. The van der Waals surface area contributed by atoms with Crippen molar-refractivity contribution < 1.29 is 4.74 Å². The van der Waals surface area contributed by atoms with Gasteiger partial charge in [0.1, 0.15) is 0 Å². The monoisotopic (exact) mass is 289 g/mol. The first-order valence-corrected chi connectivity index (χ1v) is 8.46. The van der Waals surface area contributed by atoms with Crippen LogP contribution in [0.4, 0.5) is 0 Å². The van der Waals surface area contributed by atoms with Crippen molar-refractivity contribution in [1.82, 2.24) is 5.32 Å². The van der Waals surface area contributed by atoms with Crippen molar-refractivity contribution in [3.63, 3.8) is 0 Å². The lowest BCUT2D eigenvalue weighted by molar-refractivity contribution is 0.117. The molecule has 0 spiro atoms. The van der Waals surface area contributed by atoms with Gasteiger partial charge in [0.25, 0.3) is 0 Å². The third kappa shape index (κ3) is 2.90. The molecular formula is C17H23NOS. The van der Waals surface area contributed by atoms with Gasteiger partial charge in [0, 0.05) is 16.7 Å². The van der Waals surface area contributed by atoms with Gasteiger partial charge in [-0.3, -0.25) is 0 Å². The molecule has 0 bridgehead atoms. The maximum absolute atomic E-state index is 5.76. The number of hydrogen-bond acceptors (Lipinski definition) is 3. The van der Waals surface area contributed by atoms with Gasteiger partial charge in [-0.2, -0.15) is 0 Å². The minimum absolute atomic E-state index is 0.417. The van der Waals surface area contributed by atoms with Crippen molar-refractivity contribution in [3.8, 4) is 0 Å². The van der Waals surface area contributed by atoms with Crippen molar-refractivity contribution in [2.75, 3.05) is 13.2 Å². The van der Waals surface area contributed by atoms with Gasteiger partial charge >= 0.3 is 0 Å². The molecule has 1 aromatic carbocycles. The quantitative estimate of drug-likeness (QED) is 0.903. The third-order valence-electron chi connectivity index (χ3n) is 4.27. The molecule has 108 valence electrons. The fourth-order valence-corrected chi connectivity index (χ4v) is 4.20. The summed E-state index contributed by atoms with van der Waals surface area (Å²) in [6, 6.07) is 9.26. The van der Waals surface area contributed by atoms with Gasteiger partial charge in [0.15, 0.2) is 0 Å². The van der Waals surface area contributed by atoms with Crippen molar-refractivity contribution in [2.24, 2.45) is 5.92 Å². The van der Waals surface area contributed by atoms with Crippen LogP contribution in [0, 0.1) is 5.92 Å². The number of nitrogens with one attached hydrogen (secondary N) is 1. The minimum Gasteiger partial charge on any atom is -0.378 e. The van der Waals surface area contributed by atoms with E-state index in [1.165, 1.54) is 22.1 Å². The molecule has 2 nitrogen and oxygen atoms in total. The second-order valence-corrected chi connectivity index (χ2v) is 6.68. The lowest BCUT2D eigenvalue weighted by atomic mass is 9.91. The van der Waals surface area contributed by atoms with E-state index in [0.29, 0.717) is 18.1 Å². The number of benzene rings is 1. The number of hydrogen-bond donors (Lipinski definition) is 1. The van der Waals surface area contributed by atoms with Gasteiger partial charge in [-0.25, -0.2) is 0 Å². The molecule has 2 aromatic rings.